The monoisotopic (exact) mass is 573 g/mol. The van der Waals surface area contributed by atoms with Crippen molar-refractivity contribution >= 4 is 46.3 Å². The number of H-pyrrole nitrogens is 1. The molecule has 9 nitrogen and oxygen atoms in total. The Kier molecular flexibility index (Phi) is 6.55. The number of nitro benzene ring substituents is 1. The number of carbonyl (C=O) groups is 2. The Balaban J connectivity index is 1.48. The molecule has 6 rings (SSSR count). The first-order valence-corrected chi connectivity index (χ1v) is 14.2. The van der Waals surface area contributed by atoms with Crippen molar-refractivity contribution in [1.82, 2.24) is 4.98 Å². The predicted molar refractivity (Wildman–Crippen MR) is 152 cm³/mol. The van der Waals surface area contributed by atoms with Crippen LogP contribution in [0, 0.1) is 29.9 Å². The van der Waals surface area contributed by atoms with Crippen LogP contribution in [0.3, 0.4) is 0 Å². The molecule has 0 bridgehead atoms. The summed E-state index contributed by atoms with van der Waals surface area (Å²) in [6, 6.07) is 19.1. The van der Waals surface area contributed by atoms with Gasteiger partial charge in [0.25, 0.3) is 5.69 Å². The Hall–Kier alpha value is -4.22. The first-order chi connectivity index (χ1) is 19.2. The summed E-state index contributed by atoms with van der Waals surface area (Å²) in [5, 5.41) is 11.5. The molecule has 0 radical (unpaired) electrons. The number of thiazole rings is 1. The van der Waals surface area contributed by atoms with E-state index in [2.05, 4.69) is 4.98 Å². The molecule has 1 fully saturated rings. The van der Waals surface area contributed by atoms with Gasteiger partial charge in [0.2, 0.25) is 11.8 Å². The molecule has 3 heterocycles. The molecular weight excluding hydrogens is 550 g/mol. The molecule has 1 N–H and O–H groups in total. The van der Waals surface area contributed by atoms with E-state index in [0.29, 0.717) is 26.9 Å². The second-order valence-corrected chi connectivity index (χ2v) is 12.0. The molecule has 3 aromatic carbocycles. The third-order valence-electron chi connectivity index (χ3n) is 7.30. The van der Waals surface area contributed by atoms with E-state index in [9.17, 15) is 24.5 Å². The van der Waals surface area contributed by atoms with E-state index in [0.717, 1.165) is 39.8 Å². The topological polar surface area (TPSA) is 123 Å². The van der Waals surface area contributed by atoms with Gasteiger partial charge in [0, 0.05) is 28.5 Å². The number of hydrogen-bond donors (Lipinski definition) is 1. The summed E-state index contributed by atoms with van der Waals surface area (Å²) in [5.41, 5.74) is 3.62. The predicted octanol–water partition coefficient (Wildman–Crippen LogP) is 5.34. The van der Waals surface area contributed by atoms with Crippen LogP contribution in [0.4, 0.5) is 11.4 Å². The summed E-state index contributed by atoms with van der Waals surface area (Å²) < 4.78 is 6.23. The Morgan fingerprint density at radius 2 is 1.75 bits per heavy atom. The third-order valence-corrected chi connectivity index (χ3v) is 9.70. The van der Waals surface area contributed by atoms with Gasteiger partial charge in [-0.2, -0.15) is 0 Å². The van der Waals surface area contributed by atoms with Crippen molar-refractivity contribution in [3.63, 3.8) is 0 Å². The number of ether oxygens (including phenoxy) is 1. The number of aromatic amines is 1. The van der Waals surface area contributed by atoms with Gasteiger partial charge in [-0.05, 0) is 43.2 Å². The molecule has 0 saturated carbocycles. The van der Waals surface area contributed by atoms with Gasteiger partial charge in [-0.3, -0.25) is 24.5 Å². The van der Waals surface area contributed by atoms with Crippen molar-refractivity contribution in [3.05, 3.63) is 114 Å². The number of amides is 2. The molecule has 0 aliphatic carbocycles. The minimum absolute atomic E-state index is 0.176. The van der Waals surface area contributed by atoms with Crippen LogP contribution in [0.5, 0.6) is 5.75 Å². The van der Waals surface area contributed by atoms with Crippen LogP contribution in [0.2, 0.25) is 0 Å². The van der Waals surface area contributed by atoms with Crippen molar-refractivity contribution in [3.8, 4) is 5.75 Å². The molecule has 2 amide bonds. The number of nitrogens with zero attached hydrogens (tertiary/aromatic N) is 2. The third kappa shape index (κ3) is 4.40. The largest absolute Gasteiger partial charge is 0.489 e. The highest BCUT2D eigenvalue weighted by molar-refractivity contribution is 8.00. The summed E-state index contributed by atoms with van der Waals surface area (Å²) >= 11 is 2.10. The number of nitro groups is 1. The number of benzene rings is 3. The van der Waals surface area contributed by atoms with Crippen LogP contribution >= 0.6 is 23.1 Å². The van der Waals surface area contributed by atoms with Crippen molar-refractivity contribution in [2.24, 2.45) is 5.92 Å². The van der Waals surface area contributed by atoms with Gasteiger partial charge < -0.3 is 9.72 Å². The molecule has 4 aromatic rings. The van der Waals surface area contributed by atoms with Crippen LogP contribution in [-0.4, -0.2) is 27.0 Å². The summed E-state index contributed by atoms with van der Waals surface area (Å²) in [5.74, 6) is -2.15. The Bertz CT molecular complexity index is 1730. The van der Waals surface area contributed by atoms with Crippen LogP contribution in [0.15, 0.2) is 76.6 Å². The highest BCUT2D eigenvalue weighted by Gasteiger charge is 2.57. The fraction of sp³-hybridized carbons (Fsp3) is 0.207. The van der Waals surface area contributed by atoms with Crippen LogP contribution in [0.25, 0.3) is 0 Å². The number of anilines is 1. The number of aromatic nitrogens is 1. The summed E-state index contributed by atoms with van der Waals surface area (Å²) in [6.45, 7) is 4.08. The Morgan fingerprint density at radius 1 is 1.00 bits per heavy atom. The average molecular weight is 574 g/mol. The van der Waals surface area contributed by atoms with Crippen molar-refractivity contribution in [1.29, 1.82) is 0 Å². The zero-order valence-corrected chi connectivity index (χ0v) is 23.1. The van der Waals surface area contributed by atoms with Gasteiger partial charge in [0.15, 0.2) is 0 Å². The van der Waals surface area contributed by atoms with E-state index in [-0.39, 0.29) is 23.1 Å². The second kappa shape index (κ2) is 10.1. The van der Waals surface area contributed by atoms with Gasteiger partial charge in [0.05, 0.1) is 21.6 Å². The summed E-state index contributed by atoms with van der Waals surface area (Å²) in [4.78, 5) is 55.7. The maximum Gasteiger partial charge on any atom is 0.305 e. The second-order valence-electron chi connectivity index (χ2n) is 9.79. The van der Waals surface area contributed by atoms with Gasteiger partial charge in [-0.25, -0.2) is 4.90 Å². The molecule has 2 aliphatic rings. The number of fused-ring (bicyclic) bond motifs is 2. The lowest BCUT2D eigenvalue weighted by Crippen LogP contribution is -2.32. The standard InChI is InChI=1S/C29H23N3O6S2/c1-15-7-9-18(10-8-15)31-27(33)23-22(24-26(30-29(35)40-24)39-25(23)28(31)34)20-13-19(32(36)37)11-12-21(20)38-14-17-6-4-3-5-16(17)2/h3-13,22-23,25H,14H2,1-2H3,(H,30,35)/t22-,23?,25?/m1/s1. The number of hydrogen-bond acceptors (Lipinski definition) is 8. The van der Waals surface area contributed by atoms with Crippen molar-refractivity contribution in [2.75, 3.05) is 4.90 Å². The van der Waals surface area contributed by atoms with E-state index < -0.39 is 27.9 Å². The number of nitrogens with one attached hydrogen (secondary N) is 1. The van der Waals surface area contributed by atoms with E-state index in [1.807, 2.05) is 50.2 Å². The minimum atomic E-state index is -0.888. The quantitative estimate of drug-likeness (QED) is 0.188. The zero-order chi connectivity index (χ0) is 28.1. The molecule has 202 valence electrons. The number of thioether (sulfide) groups is 1. The van der Waals surface area contributed by atoms with Crippen LogP contribution in [-0.2, 0) is 16.2 Å². The summed E-state index contributed by atoms with van der Waals surface area (Å²) in [6.07, 6.45) is 0. The smallest absolute Gasteiger partial charge is 0.305 e. The van der Waals surface area contributed by atoms with Crippen LogP contribution in [0.1, 0.15) is 33.0 Å². The van der Waals surface area contributed by atoms with Gasteiger partial charge >= 0.3 is 4.87 Å². The van der Waals surface area contributed by atoms with Gasteiger partial charge in [-0.15, -0.1) is 0 Å². The van der Waals surface area contributed by atoms with Gasteiger partial charge in [0.1, 0.15) is 17.6 Å². The van der Waals surface area contributed by atoms with E-state index in [1.54, 1.807) is 12.1 Å². The number of non-ortho nitro benzene ring substituents is 1. The Morgan fingerprint density at radius 3 is 2.48 bits per heavy atom. The first-order valence-electron chi connectivity index (χ1n) is 12.5. The molecule has 11 heteroatoms. The molecule has 2 aliphatic heterocycles. The fourth-order valence-corrected chi connectivity index (χ4v) is 7.76. The van der Waals surface area contributed by atoms with E-state index >= 15 is 0 Å². The molecule has 0 spiro atoms. The molecule has 2 unspecified atom stereocenters. The number of carbonyl (C=O) groups excluding carboxylic acids is 2. The lowest BCUT2D eigenvalue weighted by Gasteiger charge is -2.30. The molecule has 3 atom stereocenters. The van der Waals surface area contributed by atoms with Gasteiger partial charge in [-0.1, -0.05) is 65.1 Å². The highest BCUT2D eigenvalue weighted by Crippen LogP contribution is 2.55. The highest BCUT2D eigenvalue weighted by atomic mass is 32.2. The van der Waals surface area contributed by atoms with E-state index in [4.69, 9.17) is 4.74 Å². The first kappa shape index (κ1) is 26.0. The molecule has 1 aromatic heterocycles. The number of imide groups is 1. The maximum absolute atomic E-state index is 14.0. The normalized spacial score (nSPS) is 19.9. The maximum atomic E-state index is 14.0. The van der Waals surface area contributed by atoms with Crippen LogP contribution < -0.4 is 14.5 Å². The minimum Gasteiger partial charge on any atom is -0.489 e. The molecular formula is C29H23N3O6S2. The average Bonchev–Trinajstić information content (AvgIpc) is 3.43. The lowest BCUT2D eigenvalue weighted by atomic mass is 9.82. The lowest BCUT2D eigenvalue weighted by molar-refractivity contribution is -0.385. The number of aryl methyl sites for hydroxylation is 2. The van der Waals surface area contributed by atoms with Crippen molar-refractivity contribution < 1.29 is 19.2 Å². The zero-order valence-electron chi connectivity index (χ0n) is 21.5. The number of rotatable bonds is 6. The van der Waals surface area contributed by atoms with E-state index in [1.165, 1.54) is 23.1 Å². The molecule has 40 heavy (non-hydrogen) atoms. The fourth-order valence-electron chi connectivity index (χ4n) is 5.25. The SMILES string of the molecule is Cc1ccc(N2C(=O)C3Sc4[nH]c(=O)sc4[C@H](c4cc([N+](=O)[O-])ccc4OCc4ccccc4C)C3C2=O)cc1. The Labute approximate surface area is 237 Å². The van der Waals surface area contributed by atoms with Crippen molar-refractivity contribution in [2.45, 2.75) is 36.6 Å². The summed E-state index contributed by atoms with van der Waals surface area (Å²) in [7, 11) is 0. The molecule has 1 saturated heterocycles.